The number of benzene rings is 2. The molecule has 0 saturated carbocycles. The molecule has 0 spiro atoms. The Morgan fingerprint density at radius 1 is 0.950 bits per heavy atom. The Bertz CT molecular complexity index is 738. The van der Waals surface area contributed by atoms with E-state index in [0.717, 1.165) is 5.56 Å². The van der Waals surface area contributed by atoms with Gasteiger partial charge in [0.2, 0.25) is 0 Å². The number of nitrogens with one attached hydrogen (secondary N) is 1. The van der Waals surface area contributed by atoms with Gasteiger partial charge in [0.25, 0.3) is 11.8 Å². The minimum absolute atomic E-state index is 0.235. The number of imide groups is 1. The molecule has 5 heteroatoms. The van der Waals surface area contributed by atoms with Crippen molar-refractivity contribution in [3.05, 3.63) is 47.5 Å². The van der Waals surface area contributed by atoms with Gasteiger partial charge in [-0.3, -0.25) is 14.9 Å². The zero-order valence-corrected chi connectivity index (χ0v) is 10.8. The fraction of sp³-hybridized carbons (Fsp3) is 0.0667. The molecule has 0 aliphatic carbocycles. The van der Waals surface area contributed by atoms with Crippen LogP contribution in [0.3, 0.4) is 0 Å². The van der Waals surface area contributed by atoms with E-state index in [1.54, 1.807) is 25.3 Å². The number of methoxy groups -OCH3 is 1. The van der Waals surface area contributed by atoms with Crippen LogP contribution >= 0.6 is 0 Å². The van der Waals surface area contributed by atoms with Crippen LogP contribution in [0.1, 0.15) is 20.7 Å². The normalized spacial score (nSPS) is 13.1. The third-order valence-electron chi connectivity index (χ3n) is 3.32. The van der Waals surface area contributed by atoms with Crippen LogP contribution in [0.2, 0.25) is 0 Å². The van der Waals surface area contributed by atoms with Gasteiger partial charge in [-0.25, -0.2) is 0 Å². The highest BCUT2D eigenvalue weighted by Gasteiger charge is 2.32. The van der Waals surface area contributed by atoms with Crippen LogP contribution in [-0.2, 0) is 0 Å². The molecule has 3 N–H and O–H groups in total. The molecule has 20 heavy (non-hydrogen) atoms. The van der Waals surface area contributed by atoms with Crippen LogP contribution in [0.15, 0.2) is 36.4 Å². The van der Waals surface area contributed by atoms with Crippen LogP contribution < -0.4 is 15.8 Å². The highest BCUT2D eigenvalue weighted by atomic mass is 16.5. The van der Waals surface area contributed by atoms with Crippen molar-refractivity contribution in [3.8, 4) is 16.9 Å². The maximum absolute atomic E-state index is 12.0. The van der Waals surface area contributed by atoms with Crippen LogP contribution in [-0.4, -0.2) is 18.9 Å². The molecule has 0 atom stereocenters. The molecular formula is C15H12N2O3. The summed E-state index contributed by atoms with van der Waals surface area (Å²) in [6.07, 6.45) is 0. The van der Waals surface area contributed by atoms with Crippen molar-refractivity contribution in [2.24, 2.45) is 0 Å². The molecule has 3 rings (SSSR count). The van der Waals surface area contributed by atoms with E-state index in [4.69, 9.17) is 10.5 Å². The number of carbonyl (C=O) groups excluding carboxylic acids is 2. The lowest BCUT2D eigenvalue weighted by Gasteiger charge is -2.11. The number of nitrogens with two attached hydrogens (primary N) is 1. The number of carbonyl (C=O) groups is 2. The summed E-state index contributed by atoms with van der Waals surface area (Å²) in [5.74, 6) is -0.260. The SMILES string of the molecule is COc1ccccc1-c1ccc(N)c2c1C(=O)NC2=O. The number of ether oxygens (including phenoxy) is 1. The van der Waals surface area contributed by atoms with Gasteiger partial charge in [0.15, 0.2) is 0 Å². The minimum atomic E-state index is -0.459. The standard InChI is InChI=1S/C15H12N2O3/c1-20-11-5-3-2-4-8(11)9-6-7-10(16)13-12(9)14(18)17-15(13)19/h2-7H,16H2,1H3,(H,17,18,19). The molecule has 100 valence electrons. The van der Waals surface area contributed by atoms with Gasteiger partial charge >= 0.3 is 0 Å². The van der Waals surface area contributed by atoms with Gasteiger partial charge in [0, 0.05) is 11.3 Å². The zero-order chi connectivity index (χ0) is 14.3. The number of rotatable bonds is 2. The molecule has 0 radical (unpaired) electrons. The van der Waals surface area contributed by atoms with Gasteiger partial charge in [-0.15, -0.1) is 0 Å². The van der Waals surface area contributed by atoms with Crippen molar-refractivity contribution in [1.29, 1.82) is 0 Å². The van der Waals surface area contributed by atoms with Gasteiger partial charge in [-0.05, 0) is 17.7 Å². The Labute approximate surface area is 115 Å². The number of hydrogen-bond acceptors (Lipinski definition) is 4. The molecule has 5 nitrogen and oxygen atoms in total. The van der Waals surface area contributed by atoms with E-state index in [1.807, 2.05) is 18.2 Å². The first-order valence-electron chi connectivity index (χ1n) is 6.05. The Morgan fingerprint density at radius 3 is 2.40 bits per heavy atom. The summed E-state index contributed by atoms with van der Waals surface area (Å²) in [7, 11) is 1.56. The first kappa shape index (κ1) is 12.2. The van der Waals surface area contributed by atoms with Gasteiger partial charge in [0.05, 0.1) is 18.2 Å². The van der Waals surface area contributed by atoms with E-state index in [2.05, 4.69) is 5.32 Å². The number of hydrogen-bond donors (Lipinski definition) is 2. The molecule has 1 aliphatic heterocycles. The summed E-state index contributed by atoms with van der Waals surface area (Å²) in [6.45, 7) is 0. The van der Waals surface area contributed by atoms with Gasteiger partial charge in [-0.1, -0.05) is 24.3 Å². The maximum atomic E-state index is 12.0. The maximum Gasteiger partial charge on any atom is 0.261 e. The zero-order valence-electron chi connectivity index (χ0n) is 10.8. The van der Waals surface area contributed by atoms with E-state index < -0.39 is 11.8 Å². The molecule has 1 aliphatic rings. The molecule has 2 aromatic rings. The number of amides is 2. The fourth-order valence-corrected chi connectivity index (χ4v) is 2.42. The minimum Gasteiger partial charge on any atom is -0.496 e. The first-order valence-corrected chi connectivity index (χ1v) is 6.05. The average molecular weight is 268 g/mol. The van der Waals surface area contributed by atoms with Crippen molar-refractivity contribution in [2.75, 3.05) is 12.8 Å². The highest BCUT2D eigenvalue weighted by molar-refractivity contribution is 6.26. The molecule has 2 aromatic carbocycles. The summed E-state index contributed by atoms with van der Waals surface area (Å²) < 4.78 is 5.30. The Hall–Kier alpha value is -2.82. The second-order valence-electron chi connectivity index (χ2n) is 4.44. The lowest BCUT2D eigenvalue weighted by atomic mass is 9.95. The summed E-state index contributed by atoms with van der Waals surface area (Å²) in [6, 6.07) is 10.7. The smallest absolute Gasteiger partial charge is 0.261 e. The fourth-order valence-electron chi connectivity index (χ4n) is 2.42. The quantitative estimate of drug-likeness (QED) is 0.643. The van der Waals surface area contributed by atoms with Crippen LogP contribution in [0.4, 0.5) is 5.69 Å². The number of anilines is 1. The van der Waals surface area contributed by atoms with Crippen molar-refractivity contribution in [1.82, 2.24) is 5.32 Å². The van der Waals surface area contributed by atoms with Crippen LogP contribution in [0, 0.1) is 0 Å². The van der Waals surface area contributed by atoms with Crippen molar-refractivity contribution in [2.45, 2.75) is 0 Å². The Balaban J connectivity index is 2.32. The van der Waals surface area contributed by atoms with Crippen molar-refractivity contribution >= 4 is 17.5 Å². The molecule has 0 fully saturated rings. The molecule has 1 heterocycles. The Morgan fingerprint density at radius 2 is 1.65 bits per heavy atom. The third-order valence-corrected chi connectivity index (χ3v) is 3.32. The first-order chi connectivity index (χ1) is 9.63. The molecule has 0 saturated heterocycles. The molecular weight excluding hydrogens is 256 g/mol. The summed E-state index contributed by atoms with van der Waals surface area (Å²) in [4.78, 5) is 23.8. The largest absolute Gasteiger partial charge is 0.496 e. The predicted molar refractivity (Wildman–Crippen MR) is 74.6 cm³/mol. The second kappa shape index (κ2) is 4.38. The summed E-state index contributed by atoms with van der Waals surface area (Å²) in [5, 5.41) is 2.27. The van der Waals surface area contributed by atoms with Crippen LogP contribution in [0.5, 0.6) is 5.75 Å². The number of fused-ring (bicyclic) bond motifs is 1. The lowest BCUT2D eigenvalue weighted by molar-refractivity contribution is 0.0880. The Kier molecular flexibility index (Phi) is 2.68. The average Bonchev–Trinajstić information content (AvgIpc) is 2.76. The second-order valence-corrected chi connectivity index (χ2v) is 4.44. The predicted octanol–water partition coefficient (Wildman–Crippen LogP) is 1.83. The van der Waals surface area contributed by atoms with Crippen LogP contribution in [0.25, 0.3) is 11.1 Å². The summed E-state index contributed by atoms with van der Waals surface area (Å²) in [5.41, 5.74) is 8.01. The van der Waals surface area contributed by atoms with E-state index in [9.17, 15) is 9.59 Å². The van der Waals surface area contributed by atoms with Crippen molar-refractivity contribution in [3.63, 3.8) is 0 Å². The number of nitrogen functional groups attached to an aromatic ring is 1. The van der Waals surface area contributed by atoms with E-state index in [1.165, 1.54) is 0 Å². The van der Waals surface area contributed by atoms with E-state index >= 15 is 0 Å². The third kappa shape index (κ3) is 1.64. The molecule has 2 amide bonds. The highest BCUT2D eigenvalue weighted by Crippen LogP contribution is 2.37. The monoisotopic (exact) mass is 268 g/mol. The van der Waals surface area contributed by atoms with Crippen molar-refractivity contribution < 1.29 is 14.3 Å². The van der Waals surface area contributed by atoms with Gasteiger partial charge < -0.3 is 10.5 Å². The summed E-state index contributed by atoms with van der Waals surface area (Å²) >= 11 is 0. The molecule has 0 aromatic heterocycles. The lowest BCUT2D eigenvalue weighted by Crippen LogP contribution is -2.20. The molecule has 0 bridgehead atoms. The number of para-hydroxylation sites is 1. The van der Waals surface area contributed by atoms with Gasteiger partial charge in [0.1, 0.15) is 5.75 Å². The van der Waals surface area contributed by atoms with E-state index in [-0.39, 0.29) is 5.56 Å². The topological polar surface area (TPSA) is 81.4 Å². The van der Waals surface area contributed by atoms with Gasteiger partial charge in [-0.2, -0.15) is 0 Å². The van der Waals surface area contributed by atoms with E-state index in [0.29, 0.717) is 22.6 Å². The molecule has 0 unspecified atom stereocenters.